The van der Waals surface area contributed by atoms with Gasteiger partial charge >= 0.3 is 5.97 Å². The summed E-state index contributed by atoms with van der Waals surface area (Å²) in [4.78, 5) is 11.5. The van der Waals surface area contributed by atoms with Gasteiger partial charge in [-0.2, -0.15) is 0 Å². The predicted octanol–water partition coefficient (Wildman–Crippen LogP) is 4.23. The minimum Gasteiger partial charge on any atom is -0.481 e. The van der Waals surface area contributed by atoms with Crippen LogP contribution in [0.3, 0.4) is 0 Å². The lowest BCUT2D eigenvalue weighted by Gasteiger charge is -2.13. The average molecular weight is 366 g/mol. The highest BCUT2D eigenvalue weighted by molar-refractivity contribution is 6.30. The molecule has 1 unspecified atom stereocenters. The number of aryl methyl sites for hydroxylation is 1. The van der Waals surface area contributed by atoms with Crippen LogP contribution in [0.15, 0.2) is 54.6 Å². The second-order valence-corrected chi connectivity index (χ2v) is 6.69. The predicted molar refractivity (Wildman–Crippen MR) is 99.6 cm³/mol. The SMILES string of the molecule is Cc1nnc2n1-c1ccccc1C(c1cccc(Cl)c1)=CC2CC(=O)O. The molecule has 2 heterocycles. The van der Waals surface area contributed by atoms with E-state index in [1.807, 2.05) is 66.1 Å². The Labute approximate surface area is 155 Å². The van der Waals surface area contributed by atoms with Crippen LogP contribution in [-0.4, -0.2) is 25.8 Å². The first-order chi connectivity index (χ1) is 12.5. The molecule has 0 saturated carbocycles. The Morgan fingerprint density at radius 3 is 2.77 bits per heavy atom. The molecule has 0 aliphatic carbocycles. The van der Waals surface area contributed by atoms with E-state index in [0.29, 0.717) is 10.8 Å². The molecule has 1 N–H and O–H groups in total. The molecular formula is C20H16ClN3O2. The van der Waals surface area contributed by atoms with Gasteiger partial charge in [-0.25, -0.2) is 0 Å². The van der Waals surface area contributed by atoms with E-state index in [9.17, 15) is 9.90 Å². The molecule has 0 saturated heterocycles. The topological polar surface area (TPSA) is 68.0 Å². The number of rotatable bonds is 3. The molecule has 1 aromatic heterocycles. The molecule has 4 rings (SSSR count). The van der Waals surface area contributed by atoms with Gasteiger partial charge < -0.3 is 5.11 Å². The van der Waals surface area contributed by atoms with E-state index in [-0.39, 0.29) is 6.42 Å². The monoisotopic (exact) mass is 365 g/mol. The molecule has 130 valence electrons. The first-order valence-electron chi connectivity index (χ1n) is 8.26. The summed E-state index contributed by atoms with van der Waals surface area (Å²) < 4.78 is 1.94. The van der Waals surface area contributed by atoms with Gasteiger partial charge in [0.05, 0.1) is 12.1 Å². The van der Waals surface area contributed by atoms with Crippen LogP contribution in [0.25, 0.3) is 11.3 Å². The lowest BCUT2D eigenvalue weighted by atomic mass is 9.93. The lowest BCUT2D eigenvalue weighted by molar-refractivity contribution is -0.137. The lowest BCUT2D eigenvalue weighted by Crippen LogP contribution is -2.10. The smallest absolute Gasteiger partial charge is 0.304 e. The van der Waals surface area contributed by atoms with Crippen molar-refractivity contribution in [3.05, 3.63) is 82.4 Å². The molecule has 1 aliphatic heterocycles. The number of benzene rings is 2. The van der Waals surface area contributed by atoms with Gasteiger partial charge in [0.15, 0.2) is 0 Å². The molecule has 0 radical (unpaired) electrons. The molecule has 26 heavy (non-hydrogen) atoms. The Kier molecular flexibility index (Phi) is 4.09. The zero-order chi connectivity index (χ0) is 18.3. The Balaban J connectivity index is 2.01. The number of aliphatic carboxylic acids is 1. The number of allylic oxidation sites excluding steroid dienone is 1. The zero-order valence-corrected chi connectivity index (χ0v) is 14.8. The Morgan fingerprint density at radius 1 is 1.19 bits per heavy atom. The molecule has 5 nitrogen and oxygen atoms in total. The molecule has 1 atom stereocenters. The molecule has 0 bridgehead atoms. The van der Waals surface area contributed by atoms with E-state index in [2.05, 4.69) is 10.2 Å². The zero-order valence-electron chi connectivity index (χ0n) is 14.1. The van der Waals surface area contributed by atoms with Crippen LogP contribution < -0.4 is 0 Å². The fourth-order valence-electron chi connectivity index (χ4n) is 3.42. The van der Waals surface area contributed by atoms with Crippen molar-refractivity contribution in [2.45, 2.75) is 19.3 Å². The third-order valence-corrected chi connectivity index (χ3v) is 4.75. The van der Waals surface area contributed by atoms with Crippen LogP contribution in [0, 0.1) is 6.92 Å². The van der Waals surface area contributed by atoms with E-state index in [1.54, 1.807) is 0 Å². The molecule has 3 aromatic rings. The number of halogens is 1. The van der Waals surface area contributed by atoms with Crippen LogP contribution >= 0.6 is 11.6 Å². The number of hydrogen-bond donors (Lipinski definition) is 1. The first kappa shape index (κ1) is 16.5. The summed E-state index contributed by atoms with van der Waals surface area (Å²) in [6.07, 6.45) is 1.90. The number of carboxylic acids is 1. The van der Waals surface area contributed by atoms with Crippen LogP contribution in [0.5, 0.6) is 0 Å². The van der Waals surface area contributed by atoms with Crippen LogP contribution in [-0.2, 0) is 4.79 Å². The minimum atomic E-state index is -0.880. The summed E-state index contributed by atoms with van der Waals surface area (Å²) in [7, 11) is 0. The number of carboxylic acid groups (broad SMARTS) is 1. The van der Waals surface area contributed by atoms with E-state index in [1.165, 1.54) is 0 Å². The average Bonchev–Trinajstić information content (AvgIpc) is 2.93. The number of aromatic nitrogens is 3. The van der Waals surface area contributed by atoms with Gasteiger partial charge in [0.1, 0.15) is 11.6 Å². The van der Waals surface area contributed by atoms with Crippen molar-refractivity contribution in [2.75, 3.05) is 0 Å². The molecule has 0 spiro atoms. The summed E-state index contributed by atoms with van der Waals surface area (Å²) >= 11 is 6.20. The van der Waals surface area contributed by atoms with Gasteiger partial charge in [-0.1, -0.05) is 48.0 Å². The Bertz CT molecular complexity index is 1040. The van der Waals surface area contributed by atoms with Crippen molar-refractivity contribution in [1.82, 2.24) is 14.8 Å². The number of carbonyl (C=O) groups is 1. The van der Waals surface area contributed by atoms with Crippen molar-refractivity contribution in [1.29, 1.82) is 0 Å². The molecule has 0 amide bonds. The van der Waals surface area contributed by atoms with Crippen LogP contribution in [0.2, 0.25) is 5.02 Å². The standard InChI is InChI=1S/C20H16ClN3O2/c1-12-22-23-20-14(11-19(25)26)10-17(13-5-4-6-15(21)9-13)16-7-2-3-8-18(16)24(12)20/h2-10,14H,11H2,1H3,(H,25,26). The highest BCUT2D eigenvalue weighted by Gasteiger charge is 2.28. The highest BCUT2D eigenvalue weighted by Crippen LogP contribution is 2.38. The summed E-state index contributed by atoms with van der Waals surface area (Å²) in [5, 5.41) is 18.5. The number of nitrogens with zero attached hydrogens (tertiary/aromatic N) is 3. The van der Waals surface area contributed by atoms with E-state index in [0.717, 1.165) is 28.2 Å². The first-order valence-corrected chi connectivity index (χ1v) is 8.63. The van der Waals surface area contributed by atoms with Gasteiger partial charge in [-0.05, 0) is 36.3 Å². The third kappa shape index (κ3) is 2.80. The summed E-state index contributed by atoms with van der Waals surface area (Å²) in [5.74, 6) is 0.0860. The van der Waals surface area contributed by atoms with E-state index < -0.39 is 11.9 Å². The highest BCUT2D eigenvalue weighted by atomic mass is 35.5. The van der Waals surface area contributed by atoms with Gasteiger partial charge in [-0.15, -0.1) is 10.2 Å². The van der Waals surface area contributed by atoms with Gasteiger partial charge in [0.25, 0.3) is 0 Å². The summed E-state index contributed by atoms with van der Waals surface area (Å²) in [5.41, 5.74) is 3.81. The number of para-hydroxylation sites is 1. The van der Waals surface area contributed by atoms with Gasteiger partial charge in [-0.3, -0.25) is 9.36 Å². The number of fused-ring (bicyclic) bond motifs is 3. The van der Waals surface area contributed by atoms with Crippen molar-refractivity contribution >= 4 is 23.1 Å². The maximum Gasteiger partial charge on any atom is 0.304 e. The van der Waals surface area contributed by atoms with Gasteiger partial charge in [0.2, 0.25) is 0 Å². The normalized spacial score (nSPS) is 15.6. The van der Waals surface area contributed by atoms with Crippen molar-refractivity contribution < 1.29 is 9.90 Å². The molecule has 2 aromatic carbocycles. The van der Waals surface area contributed by atoms with E-state index in [4.69, 9.17) is 11.6 Å². The van der Waals surface area contributed by atoms with Gasteiger partial charge in [0, 0.05) is 16.5 Å². The number of hydrogen-bond acceptors (Lipinski definition) is 3. The largest absolute Gasteiger partial charge is 0.481 e. The maximum atomic E-state index is 11.5. The maximum absolute atomic E-state index is 11.5. The van der Waals surface area contributed by atoms with Crippen LogP contribution in [0.1, 0.15) is 35.1 Å². The molecule has 6 heteroatoms. The van der Waals surface area contributed by atoms with E-state index >= 15 is 0 Å². The second kappa shape index (κ2) is 6.42. The summed E-state index contributed by atoms with van der Waals surface area (Å²) in [6.45, 7) is 1.87. The summed E-state index contributed by atoms with van der Waals surface area (Å²) in [6, 6.07) is 15.5. The Morgan fingerprint density at radius 2 is 2.00 bits per heavy atom. The van der Waals surface area contributed by atoms with Crippen molar-refractivity contribution in [2.24, 2.45) is 0 Å². The fourth-order valence-corrected chi connectivity index (χ4v) is 3.61. The second-order valence-electron chi connectivity index (χ2n) is 6.25. The fraction of sp³-hybridized carbons (Fsp3) is 0.150. The van der Waals surface area contributed by atoms with Crippen molar-refractivity contribution in [3.8, 4) is 5.69 Å². The van der Waals surface area contributed by atoms with Crippen LogP contribution in [0.4, 0.5) is 0 Å². The molecular weight excluding hydrogens is 350 g/mol. The quantitative estimate of drug-likeness (QED) is 0.754. The molecule has 0 fully saturated rings. The third-order valence-electron chi connectivity index (χ3n) is 4.51. The molecule has 1 aliphatic rings. The Hall–Kier alpha value is -2.92. The van der Waals surface area contributed by atoms with Crippen molar-refractivity contribution in [3.63, 3.8) is 0 Å². The minimum absolute atomic E-state index is 0.0593.